The second-order valence-electron chi connectivity index (χ2n) is 5.09. The average molecular weight is 174 g/mol. The van der Waals surface area contributed by atoms with E-state index >= 15 is 0 Å². The molecular weight excluding hydrogens is 156 g/mol. The van der Waals surface area contributed by atoms with Crippen molar-refractivity contribution in [3.05, 3.63) is 34.9 Å². The molecule has 2 rings (SSSR count). The van der Waals surface area contributed by atoms with Crippen LogP contribution in [0.1, 0.15) is 42.9 Å². The van der Waals surface area contributed by atoms with Crippen molar-refractivity contribution in [1.29, 1.82) is 0 Å². The molecule has 1 aromatic rings. The molecule has 0 radical (unpaired) electrons. The molecule has 0 aliphatic heterocycles. The first kappa shape index (κ1) is 8.80. The first-order chi connectivity index (χ1) is 6.00. The predicted molar refractivity (Wildman–Crippen MR) is 57.1 cm³/mol. The highest BCUT2D eigenvalue weighted by Crippen LogP contribution is 2.58. The van der Waals surface area contributed by atoms with Crippen LogP contribution in [-0.4, -0.2) is 0 Å². The fraction of sp³-hybridized carbons (Fsp3) is 0.538. The minimum Gasteiger partial charge on any atom is -0.0593 e. The number of benzene rings is 1. The fourth-order valence-corrected chi connectivity index (χ4v) is 2.02. The maximum absolute atomic E-state index is 2.36. The largest absolute Gasteiger partial charge is 0.0593 e. The molecule has 1 unspecified atom stereocenters. The highest BCUT2D eigenvalue weighted by molar-refractivity contribution is 5.35. The SMILES string of the molecule is Cc1ccc(C2CC2(C)C)cc1C. The lowest BCUT2D eigenvalue weighted by atomic mass is 9.99. The van der Waals surface area contributed by atoms with Crippen molar-refractivity contribution in [2.24, 2.45) is 5.41 Å². The summed E-state index contributed by atoms with van der Waals surface area (Å²) in [4.78, 5) is 0. The summed E-state index contributed by atoms with van der Waals surface area (Å²) in [5.74, 6) is 0.812. The van der Waals surface area contributed by atoms with Crippen molar-refractivity contribution in [2.75, 3.05) is 0 Å². The zero-order chi connectivity index (χ0) is 9.64. The minimum absolute atomic E-state index is 0.557. The second-order valence-corrected chi connectivity index (χ2v) is 5.09. The molecule has 0 spiro atoms. The molecular formula is C13H18. The fourth-order valence-electron chi connectivity index (χ4n) is 2.02. The Hall–Kier alpha value is -0.780. The lowest BCUT2D eigenvalue weighted by Crippen LogP contribution is -1.91. The topological polar surface area (TPSA) is 0 Å². The summed E-state index contributed by atoms with van der Waals surface area (Å²) < 4.78 is 0. The Morgan fingerprint density at radius 2 is 1.77 bits per heavy atom. The third kappa shape index (κ3) is 1.50. The normalized spacial score (nSPS) is 24.5. The molecule has 1 aliphatic rings. The summed E-state index contributed by atoms with van der Waals surface area (Å²) in [6, 6.07) is 6.90. The van der Waals surface area contributed by atoms with Crippen LogP contribution in [0.25, 0.3) is 0 Å². The van der Waals surface area contributed by atoms with E-state index in [2.05, 4.69) is 45.9 Å². The molecule has 0 amide bonds. The number of hydrogen-bond donors (Lipinski definition) is 0. The summed E-state index contributed by atoms with van der Waals surface area (Å²) in [5.41, 5.74) is 4.93. The minimum atomic E-state index is 0.557. The Kier molecular flexibility index (Phi) is 1.76. The predicted octanol–water partition coefficient (Wildman–Crippen LogP) is 3.82. The van der Waals surface area contributed by atoms with Crippen molar-refractivity contribution in [3.8, 4) is 0 Å². The monoisotopic (exact) mass is 174 g/mol. The zero-order valence-electron chi connectivity index (χ0n) is 9.02. The Bertz CT molecular complexity index is 334. The molecule has 70 valence electrons. The molecule has 0 bridgehead atoms. The van der Waals surface area contributed by atoms with E-state index in [0.29, 0.717) is 5.41 Å². The van der Waals surface area contributed by atoms with Gasteiger partial charge in [0.2, 0.25) is 0 Å². The Balaban J connectivity index is 2.29. The molecule has 1 aromatic carbocycles. The van der Waals surface area contributed by atoms with E-state index in [0.717, 1.165) is 5.92 Å². The van der Waals surface area contributed by atoms with Crippen LogP contribution >= 0.6 is 0 Å². The Morgan fingerprint density at radius 1 is 1.15 bits per heavy atom. The van der Waals surface area contributed by atoms with Crippen LogP contribution in [0.15, 0.2) is 18.2 Å². The van der Waals surface area contributed by atoms with Crippen molar-refractivity contribution in [2.45, 2.75) is 40.0 Å². The van der Waals surface area contributed by atoms with Gasteiger partial charge in [0.1, 0.15) is 0 Å². The van der Waals surface area contributed by atoms with Crippen LogP contribution in [0.3, 0.4) is 0 Å². The number of rotatable bonds is 1. The van der Waals surface area contributed by atoms with Gasteiger partial charge in [0, 0.05) is 0 Å². The van der Waals surface area contributed by atoms with Gasteiger partial charge in [0.05, 0.1) is 0 Å². The van der Waals surface area contributed by atoms with Gasteiger partial charge in [-0.25, -0.2) is 0 Å². The quantitative estimate of drug-likeness (QED) is 0.607. The van der Waals surface area contributed by atoms with Gasteiger partial charge in [-0.15, -0.1) is 0 Å². The Labute approximate surface area is 81.0 Å². The maximum Gasteiger partial charge on any atom is -0.0105 e. The van der Waals surface area contributed by atoms with Gasteiger partial charge in [0.25, 0.3) is 0 Å². The third-order valence-electron chi connectivity index (χ3n) is 3.45. The molecule has 0 heteroatoms. The molecule has 1 atom stereocenters. The molecule has 13 heavy (non-hydrogen) atoms. The van der Waals surface area contributed by atoms with Gasteiger partial charge in [-0.1, -0.05) is 32.0 Å². The van der Waals surface area contributed by atoms with Crippen molar-refractivity contribution >= 4 is 0 Å². The number of hydrogen-bond acceptors (Lipinski definition) is 0. The summed E-state index contributed by atoms with van der Waals surface area (Å²) in [7, 11) is 0. The molecule has 0 nitrogen and oxygen atoms in total. The summed E-state index contributed by atoms with van der Waals surface area (Å²) in [5, 5.41) is 0. The van der Waals surface area contributed by atoms with Crippen LogP contribution in [0, 0.1) is 19.3 Å². The van der Waals surface area contributed by atoms with Crippen LogP contribution in [0.5, 0.6) is 0 Å². The van der Waals surface area contributed by atoms with E-state index in [4.69, 9.17) is 0 Å². The van der Waals surface area contributed by atoms with Crippen LogP contribution < -0.4 is 0 Å². The van der Waals surface area contributed by atoms with Gasteiger partial charge in [-0.2, -0.15) is 0 Å². The highest BCUT2D eigenvalue weighted by Gasteiger charge is 2.46. The van der Waals surface area contributed by atoms with Crippen LogP contribution in [0.2, 0.25) is 0 Å². The first-order valence-electron chi connectivity index (χ1n) is 5.08. The zero-order valence-corrected chi connectivity index (χ0v) is 9.02. The van der Waals surface area contributed by atoms with Gasteiger partial charge < -0.3 is 0 Å². The van der Waals surface area contributed by atoms with Crippen LogP contribution in [-0.2, 0) is 0 Å². The Morgan fingerprint density at radius 3 is 2.23 bits per heavy atom. The second kappa shape index (κ2) is 2.60. The molecule has 1 fully saturated rings. The summed E-state index contributed by atoms with van der Waals surface area (Å²) in [6.07, 6.45) is 1.36. The highest BCUT2D eigenvalue weighted by atomic mass is 14.5. The molecule has 1 aliphatic carbocycles. The van der Waals surface area contributed by atoms with Gasteiger partial charge in [-0.05, 0) is 48.3 Å². The van der Waals surface area contributed by atoms with E-state index in [1.807, 2.05) is 0 Å². The van der Waals surface area contributed by atoms with E-state index < -0.39 is 0 Å². The third-order valence-corrected chi connectivity index (χ3v) is 3.45. The molecule has 0 aromatic heterocycles. The van der Waals surface area contributed by atoms with E-state index in [1.54, 1.807) is 0 Å². The van der Waals surface area contributed by atoms with Gasteiger partial charge in [-0.3, -0.25) is 0 Å². The average Bonchev–Trinajstić information content (AvgIpc) is 2.66. The maximum atomic E-state index is 2.36. The van der Waals surface area contributed by atoms with Gasteiger partial charge >= 0.3 is 0 Å². The standard InChI is InChI=1S/C13H18/c1-9-5-6-11(7-10(9)2)12-8-13(12,3)4/h5-7,12H,8H2,1-4H3. The smallest absolute Gasteiger partial charge is 0.0105 e. The molecule has 0 heterocycles. The van der Waals surface area contributed by atoms with Gasteiger partial charge in [0.15, 0.2) is 0 Å². The van der Waals surface area contributed by atoms with Crippen molar-refractivity contribution < 1.29 is 0 Å². The van der Waals surface area contributed by atoms with Crippen molar-refractivity contribution in [1.82, 2.24) is 0 Å². The van der Waals surface area contributed by atoms with E-state index in [9.17, 15) is 0 Å². The molecule has 0 N–H and O–H groups in total. The van der Waals surface area contributed by atoms with Crippen molar-refractivity contribution in [3.63, 3.8) is 0 Å². The van der Waals surface area contributed by atoms with E-state index in [1.165, 1.54) is 23.1 Å². The lowest BCUT2D eigenvalue weighted by Gasteiger charge is -2.06. The lowest BCUT2D eigenvalue weighted by molar-refractivity contribution is 0.621. The molecule has 1 saturated carbocycles. The van der Waals surface area contributed by atoms with E-state index in [-0.39, 0.29) is 0 Å². The summed E-state index contributed by atoms with van der Waals surface area (Å²) >= 11 is 0. The number of aryl methyl sites for hydroxylation is 2. The first-order valence-corrected chi connectivity index (χ1v) is 5.08. The summed E-state index contributed by atoms with van der Waals surface area (Å²) in [6.45, 7) is 9.09. The van der Waals surface area contributed by atoms with Crippen LogP contribution in [0.4, 0.5) is 0 Å². The molecule has 0 saturated heterocycles.